The van der Waals surface area contributed by atoms with Gasteiger partial charge in [-0.15, -0.1) is 0 Å². The van der Waals surface area contributed by atoms with Gasteiger partial charge >= 0.3 is 5.97 Å². The number of carboxylic acids is 1. The van der Waals surface area contributed by atoms with Crippen LogP contribution < -0.4 is 4.74 Å². The van der Waals surface area contributed by atoms with E-state index in [1.54, 1.807) is 17.7 Å². The van der Waals surface area contributed by atoms with Crippen molar-refractivity contribution in [2.45, 2.75) is 77.6 Å². The summed E-state index contributed by atoms with van der Waals surface area (Å²) in [4.78, 5) is 19.9. The number of phenols is 1. The molecule has 1 saturated carbocycles. The van der Waals surface area contributed by atoms with Gasteiger partial charge in [-0.3, -0.25) is 0 Å². The first-order valence-electron chi connectivity index (χ1n) is 16.9. The van der Waals surface area contributed by atoms with E-state index in [0.717, 1.165) is 47.0 Å². The van der Waals surface area contributed by atoms with Gasteiger partial charge in [0.05, 0.1) is 11.0 Å². The van der Waals surface area contributed by atoms with E-state index in [4.69, 9.17) is 14.8 Å². The molecule has 4 aromatic carbocycles. The number of nitrogens with one attached hydrogen (secondary N) is 1. The predicted molar refractivity (Wildman–Crippen MR) is 187 cm³/mol. The standard InChI is InChI=1S/C41H44N2O4/c1-25(2)26-12-15-34-28(20-26)13-17-36-40(3,18-7-19-41(34,36)4)23-33-32(27-8-5-10-30(44)21-27)14-16-35-38(33)43-39(42-35)29-9-6-11-31(22-29)47-24-37(45)46/h5-6,8-12,14-16,20-22,25,36,44H,7,13,17-19,23-24H2,1-4H3,(H,42,43)(H,45,46)/t36-,40+,41+/m0/s1. The maximum atomic E-state index is 11.1. The predicted octanol–water partition coefficient (Wildman–Crippen LogP) is 9.44. The molecule has 6 nitrogen and oxygen atoms in total. The van der Waals surface area contributed by atoms with E-state index < -0.39 is 12.6 Å². The third kappa shape index (κ3) is 5.68. The van der Waals surface area contributed by atoms with Crippen LogP contribution in [0, 0.1) is 11.3 Å². The Bertz CT molecular complexity index is 1980. The average molecular weight is 629 g/mol. The molecule has 2 aliphatic rings. The molecule has 0 aliphatic heterocycles. The van der Waals surface area contributed by atoms with Crippen LogP contribution in [0.1, 0.15) is 81.5 Å². The zero-order chi connectivity index (χ0) is 32.9. The molecule has 242 valence electrons. The van der Waals surface area contributed by atoms with Gasteiger partial charge in [-0.05, 0) is 118 Å². The highest BCUT2D eigenvalue weighted by Crippen LogP contribution is 2.59. The molecule has 0 radical (unpaired) electrons. The molecule has 0 amide bonds. The Labute approximate surface area is 276 Å². The fraction of sp³-hybridized carbons (Fsp3) is 0.366. The summed E-state index contributed by atoms with van der Waals surface area (Å²) in [5.74, 6) is 1.47. The highest BCUT2D eigenvalue weighted by molar-refractivity contribution is 5.89. The number of ether oxygens (including phenoxy) is 1. The van der Waals surface area contributed by atoms with E-state index in [1.807, 2.05) is 30.3 Å². The summed E-state index contributed by atoms with van der Waals surface area (Å²) >= 11 is 0. The number of hydrogen-bond acceptors (Lipinski definition) is 4. The van der Waals surface area contributed by atoms with Crippen LogP contribution in [-0.2, 0) is 23.1 Å². The Morgan fingerprint density at radius 1 is 1.00 bits per heavy atom. The number of fused-ring (bicyclic) bond motifs is 4. The number of hydrogen-bond donors (Lipinski definition) is 3. The number of H-pyrrole nitrogens is 1. The van der Waals surface area contributed by atoms with Gasteiger partial charge in [0.1, 0.15) is 17.3 Å². The van der Waals surface area contributed by atoms with Gasteiger partial charge in [0.15, 0.2) is 6.61 Å². The first-order chi connectivity index (χ1) is 22.5. The second-order valence-electron chi connectivity index (χ2n) is 14.6. The van der Waals surface area contributed by atoms with Crippen LogP contribution in [0.3, 0.4) is 0 Å². The average Bonchev–Trinajstić information content (AvgIpc) is 3.49. The monoisotopic (exact) mass is 628 g/mol. The van der Waals surface area contributed by atoms with Crippen LogP contribution >= 0.6 is 0 Å². The van der Waals surface area contributed by atoms with Gasteiger partial charge in [0, 0.05) is 5.56 Å². The molecular weight excluding hydrogens is 584 g/mol. The van der Waals surface area contributed by atoms with E-state index in [-0.39, 0.29) is 16.6 Å². The number of aromatic nitrogens is 2. The number of aliphatic carboxylic acids is 1. The number of carboxylic acid groups (broad SMARTS) is 1. The minimum absolute atomic E-state index is 0.0466. The molecule has 47 heavy (non-hydrogen) atoms. The van der Waals surface area contributed by atoms with Gasteiger partial charge in [0.25, 0.3) is 0 Å². The molecule has 1 aromatic heterocycles. The highest BCUT2D eigenvalue weighted by atomic mass is 16.5. The molecule has 5 aromatic rings. The first kappa shape index (κ1) is 31.0. The van der Waals surface area contributed by atoms with Crippen molar-refractivity contribution < 1.29 is 19.7 Å². The Hall–Kier alpha value is -4.58. The molecule has 0 saturated heterocycles. The van der Waals surface area contributed by atoms with E-state index >= 15 is 0 Å². The molecule has 1 heterocycles. The lowest BCUT2D eigenvalue weighted by Crippen LogP contribution is -2.50. The normalized spacial score (nSPS) is 22.2. The van der Waals surface area contributed by atoms with Crippen LogP contribution in [0.4, 0.5) is 0 Å². The zero-order valence-corrected chi connectivity index (χ0v) is 27.8. The van der Waals surface area contributed by atoms with Crippen molar-refractivity contribution in [2.24, 2.45) is 11.3 Å². The molecule has 2 aliphatic carbocycles. The number of nitrogens with zero attached hydrogens (tertiary/aromatic N) is 1. The third-order valence-electron chi connectivity index (χ3n) is 11.1. The second-order valence-corrected chi connectivity index (χ2v) is 14.6. The van der Waals surface area contributed by atoms with Crippen molar-refractivity contribution in [2.75, 3.05) is 6.61 Å². The topological polar surface area (TPSA) is 95.4 Å². The Morgan fingerprint density at radius 3 is 2.60 bits per heavy atom. The molecule has 3 atom stereocenters. The maximum absolute atomic E-state index is 11.1. The molecule has 1 fully saturated rings. The van der Waals surface area contributed by atoms with E-state index in [1.165, 1.54) is 36.0 Å². The summed E-state index contributed by atoms with van der Waals surface area (Å²) < 4.78 is 5.47. The lowest BCUT2D eigenvalue weighted by Gasteiger charge is -2.56. The molecule has 3 N–H and O–H groups in total. The molecule has 0 spiro atoms. The van der Waals surface area contributed by atoms with Crippen molar-refractivity contribution in [3.63, 3.8) is 0 Å². The number of rotatable bonds is 8. The second kappa shape index (κ2) is 11.9. The highest BCUT2D eigenvalue weighted by Gasteiger charge is 2.51. The van der Waals surface area contributed by atoms with Crippen molar-refractivity contribution in [3.8, 4) is 34.0 Å². The van der Waals surface area contributed by atoms with Crippen molar-refractivity contribution in [1.82, 2.24) is 9.97 Å². The summed E-state index contributed by atoms with van der Waals surface area (Å²) in [7, 11) is 0. The van der Waals surface area contributed by atoms with E-state index in [0.29, 0.717) is 23.4 Å². The Kier molecular flexibility index (Phi) is 7.86. The summed E-state index contributed by atoms with van der Waals surface area (Å²) in [6, 6.07) is 26.4. The minimum atomic E-state index is -1.02. The molecule has 6 heteroatoms. The van der Waals surface area contributed by atoms with Gasteiger partial charge in [-0.25, -0.2) is 9.78 Å². The lowest BCUT2D eigenvalue weighted by atomic mass is 9.48. The summed E-state index contributed by atoms with van der Waals surface area (Å²) in [6.07, 6.45) is 6.71. The number of aryl methyl sites for hydroxylation is 1. The Balaban J connectivity index is 1.32. The SMILES string of the molecule is CC(C)c1ccc2c(c1)CC[C@H]1[C@@](C)(Cc3c(-c4cccc(O)c4)ccc4[nH]c(-c5cccc(OCC(=O)O)c5)nc34)CCC[C@]21C. The van der Waals surface area contributed by atoms with E-state index in [9.17, 15) is 9.90 Å². The molecule has 7 rings (SSSR count). The summed E-state index contributed by atoms with van der Waals surface area (Å²) in [5.41, 5.74) is 10.7. The van der Waals surface area contributed by atoms with Crippen LogP contribution in [0.2, 0.25) is 0 Å². The smallest absolute Gasteiger partial charge is 0.341 e. The van der Waals surface area contributed by atoms with Gasteiger partial charge in [-0.2, -0.15) is 0 Å². The maximum Gasteiger partial charge on any atom is 0.341 e. The molecular formula is C41H44N2O4. The number of phenolic OH excluding ortho intramolecular Hbond substituents is 1. The number of aromatic hydroxyl groups is 1. The van der Waals surface area contributed by atoms with E-state index in [2.05, 4.69) is 69.1 Å². The third-order valence-corrected chi connectivity index (χ3v) is 11.1. The number of imidazole rings is 1. The minimum Gasteiger partial charge on any atom is -0.508 e. The number of aromatic amines is 1. The zero-order valence-electron chi connectivity index (χ0n) is 27.8. The summed E-state index contributed by atoms with van der Waals surface area (Å²) in [5, 5.41) is 19.6. The summed E-state index contributed by atoms with van der Waals surface area (Å²) in [6.45, 7) is 9.18. The molecule has 0 bridgehead atoms. The Morgan fingerprint density at radius 2 is 1.81 bits per heavy atom. The fourth-order valence-electron chi connectivity index (χ4n) is 8.89. The van der Waals surface area contributed by atoms with Gasteiger partial charge in [-0.1, -0.05) is 82.6 Å². The van der Waals surface area contributed by atoms with Gasteiger partial charge < -0.3 is 19.9 Å². The van der Waals surface area contributed by atoms with Crippen molar-refractivity contribution in [1.29, 1.82) is 0 Å². The van der Waals surface area contributed by atoms with Crippen molar-refractivity contribution in [3.05, 3.63) is 101 Å². The van der Waals surface area contributed by atoms with Crippen LogP contribution in [-0.4, -0.2) is 32.8 Å². The fourth-order valence-corrected chi connectivity index (χ4v) is 8.89. The van der Waals surface area contributed by atoms with Crippen LogP contribution in [0.5, 0.6) is 11.5 Å². The molecule has 0 unspecified atom stereocenters. The number of benzene rings is 4. The number of carbonyl (C=O) groups is 1. The van der Waals surface area contributed by atoms with Crippen LogP contribution in [0.15, 0.2) is 78.9 Å². The quantitative estimate of drug-likeness (QED) is 0.159. The first-order valence-corrected chi connectivity index (χ1v) is 16.9. The lowest BCUT2D eigenvalue weighted by molar-refractivity contribution is -0.139. The van der Waals surface area contributed by atoms with Gasteiger partial charge in [0.2, 0.25) is 0 Å². The van der Waals surface area contributed by atoms with Crippen molar-refractivity contribution >= 4 is 17.0 Å². The van der Waals surface area contributed by atoms with Crippen LogP contribution in [0.25, 0.3) is 33.5 Å². The largest absolute Gasteiger partial charge is 0.508 e.